The molecule has 6 heteroatoms. The second-order valence-corrected chi connectivity index (χ2v) is 30.4. The van der Waals surface area contributed by atoms with Gasteiger partial charge in [0.1, 0.15) is 0 Å². The van der Waals surface area contributed by atoms with E-state index in [2.05, 4.69) is 247 Å². The van der Waals surface area contributed by atoms with E-state index in [-0.39, 0.29) is 52.8 Å². The molecular formula is C96H79BN4O. The Morgan fingerprint density at radius 3 is 1.17 bits per heavy atom. The van der Waals surface area contributed by atoms with Crippen molar-refractivity contribution in [1.82, 2.24) is 4.57 Å². The first-order valence-electron chi connectivity index (χ1n) is 38.4. The molecule has 0 bridgehead atoms. The zero-order chi connectivity index (χ0) is 74.6. The number of benzene rings is 14. The lowest BCUT2D eigenvalue weighted by Crippen LogP contribution is -2.61. The van der Waals surface area contributed by atoms with Gasteiger partial charge in [0.15, 0.2) is 11.5 Å². The van der Waals surface area contributed by atoms with Crippen LogP contribution in [0.15, 0.2) is 315 Å². The second-order valence-electron chi connectivity index (χ2n) is 30.4. The Labute approximate surface area is 608 Å². The fourth-order valence-corrected chi connectivity index (χ4v) is 15.6. The lowest BCUT2D eigenvalue weighted by molar-refractivity contribution is 0.477. The van der Waals surface area contributed by atoms with Crippen LogP contribution < -0.4 is 35.8 Å². The molecule has 0 atom stereocenters. The first-order chi connectivity index (χ1) is 52.0. The lowest BCUT2D eigenvalue weighted by atomic mass is 9.33. The minimum atomic E-state index is -1.11. The van der Waals surface area contributed by atoms with Gasteiger partial charge in [-0.3, -0.25) is 0 Å². The Balaban J connectivity index is 1.04. The van der Waals surface area contributed by atoms with Crippen molar-refractivity contribution in [1.29, 1.82) is 0 Å². The molecular weight excluding hydrogens is 1240 g/mol. The fraction of sp³-hybridized carbons (Fsp3) is 0.125. The van der Waals surface area contributed by atoms with Crippen molar-refractivity contribution in [3.05, 3.63) is 332 Å². The molecule has 492 valence electrons. The number of hydrogen-bond donors (Lipinski definition) is 0. The topological polar surface area (TPSA) is 23.9 Å². The number of anilines is 9. The van der Waals surface area contributed by atoms with Gasteiger partial charge in [0, 0.05) is 67.2 Å². The zero-order valence-electron chi connectivity index (χ0n) is 64.8. The normalized spacial score (nSPS) is 14.0. The molecule has 0 N–H and O–H groups in total. The Kier molecular flexibility index (Phi) is 13.1. The summed E-state index contributed by atoms with van der Waals surface area (Å²) in [5.74, 6) is 1.45. The average Bonchev–Trinajstić information content (AvgIpc) is 0.720. The van der Waals surface area contributed by atoms with Crippen LogP contribution in [0.2, 0.25) is 0 Å². The van der Waals surface area contributed by atoms with Crippen LogP contribution in [-0.4, -0.2) is 11.3 Å². The Morgan fingerprint density at radius 2 is 0.696 bits per heavy atom. The van der Waals surface area contributed by atoms with Gasteiger partial charge in [-0.15, -0.1) is 0 Å². The lowest BCUT2D eigenvalue weighted by Gasteiger charge is -2.47. The maximum Gasteiger partial charge on any atom is 0.252 e. The number of nitrogens with zero attached hydrogens (tertiary/aromatic N) is 4. The van der Waals surface area contributed by atoms with Crippen LogP contribution >= 0.6 is 0 Å². The number of para-hydroxylation sites is 5. The highest BCUT2D eigenvalue weighted by Crippen LogP contribution is 2.57. The molecule has 18 rings (SSSR count). The minimum absolute atomic E-state index is 0.0100. The average molecular weight is 1320 g/mol. The van der Waals surface area contributed by atoms with Crippen molar-refractivity contribution in [3.8, 4) is 72.8 Å². The van der Waals surface area contributed by atoms with Gasteiger partial charge in [-0.25, -0.2) is 0 Å². The van der Waals surface area contributed by atoms with Crippen LogP contribution in [0.1, 0.15) is 87.2 Å². The van der Waals surface area contributed by atoms with Gasteiger partial charge in [0.2, 0.25) is 0 Å². The van der Waals surface area contributed by atoms with Gasteiger partial charge in [0.25, 0.3) is 6.71 Å². The van der Waals surface area contributed by atoms with E-state index >= 15 is 0 Å². The van der Waals surface area contributed by atoms with E-state index in [0.29, 0.717) is 50.3 Å². The highest BCUT2D eigenvalue weighted by atomic mass is 16.5. The zero-order valence-corrected chi connectivity index (χ0v) is 58.8. The van der Waals surface area contributed by atoms with E-state index in [9.17, 15) is 8.22 Å². The van der Waals surface area contributed by atoms with Gasteiger partial charge in [-0.1, -0.05) is 275 Å². The van der Waals surface area contributed by atoms with Crippen LogP contribution in [0.25, 0.3) is 83.1 Å². The second kappa shape index (κ2) is 23.9. The smallest absolute Gasteiger partial charge is 0.252 e. The SMILES string of the molecule is [2H]c1c([2H])c(-c2ccccc2)c([2H])c2c1B1c3c(cc(C(C)(C)C)cc3N(c3c(-c4ccccc4)cc(C(C)(C)C)cc3-c3ccccc3)c3c([2H])c(-n4c5ccccc5c5cc(N6c7ccccc7Oc7ccccc76)ccc54)c([2H])c([2H])c31)N2c1c(-c2ccccc2)cc(C(C)(C)C)cc1-c1ccccc1. The maximum absolute atomic E-state index is 11.8. The predicted molar refractivity (Wildman–Crippen MR) is 433 cm³/mol. The molecule has 0 amide bonds. The monoisotopic (exact) mass is 1320 g/mol. The molecule has 1 aromatic heterocycles. The maximum atomic E-state index is 11.8. The minimum Gasteiger partial charge on any atom is -0.453 e. The van der Waals surface area contributed by atoms with Crippen molar-refractivity contribution in [2.24, 2.45) is 0 Å². The molecule has 0 unspecified atom stereocenters. The van der Waals surface area contributed by atoms with Gasteiger partial charge >= 0.3 is 0 Å². The van der Waals surface area contributed by atoms with Crippen molar-refractivity contribution >= 4 is 96.1 Å². The van der Waals surface area contributed by atoms with Gasteiger partial charge < -0.3 is 24.0 Å². The van der Waals surface area contributed by atoms with Gasteiger partial charge in [0.05, 0.1) is 42.0 Å². The van der Waals surface area contributed by atoms with Crippen LogP contribution in [0.3, 0.4) is 0 Å². The summed E-state index contributed by atoms with van der Waals surface area (Å²) >= 11 is 0. The first kappa shape index (κ1) is 56.0. The van der Waals surface area contributed by atoms with Crippen molar-refractivity contribution in [2.75, 3.05) is 14.7 Å². The summed E-state index contributed by atoms with van der Waals surface area (Å²) in [5, 5.41) is 1.77. The van der Waals surface area contributed by atoms with Gasteiger partial charge in [-0.05, 0) is 186 Å². The van der Waals surface area contributed by atoms with E-state index in [4.69, 9.17) is 4.74 Å². The summed E-state index contributed by atoms with van der Waals surface area (Å²) in [7, 11) is 0. The number of hydrogen-bond acceptors (Lipinski definition) is 4. The quantitative estimate of drug-likeness (QED) is 0.134. The third-order valence-corrected chi connectivity index (χ3v) is 20.8. The highest BCUT2D eigenvalue weighted by molar-refractivity contribution is 7.00. The summed E-state index contributed by atoms with van der Waals surface area (Å²) in [6.45, 7) is 19.1. The molecule has 3 aliphatic rings. The Morgan fingerprint density at radius 1 is 0.304 bits per heavy atom. The summed E-state index contributed by atoms with van der Waals surface area (Å²) < 4.78 is 75.9. The summed E-state index contributed by atoms with van der Waals surface area (Å²) in [4.78, 5) is 6.75. The molecule has 102 heavy (non-hydrogen) atoms. The Hall–Kier alpha value is -11.9. The van der Waals surface area contributed by atoms with E-state index in [1.165, 1.54) is 0 Å². The summed E-state index contributed by atoms with van der Waals surface area (Å²) in [6.07, 6.45) is 0. The van der Waals surface area contributed by atoms with Crippen molar-refractivity contribution in [2.45, 2.75) is 78.6 Å². The molecule has 0 aliphatic carbocycles. The van der Waals surface area contributed by atoms with Crippen LogP contribution in [-0.2, 0) is 16.2 Å². The van der Waals surface area contributed by atoms with Gasteiger partial charge in [-0.2, -0.15) is 0 Å². The third kappa shape index (κ3) is 10.4. The molecule has 3 aliphatic heterocycles. The molecule has 14 aromatic carbocycles. The standard InChI is InChI=1S/C96H79BN4O/c1-94(2,3)68-54-74(63-33-17-11-18-34-63)92(75(55-68)64-35-19-12-20-36-64)100-85-53-67(62-31-15-10-16-32-62)47-50-79(85)97-80-51-48-72(98-81-42-26-25-41-73(81)78-60-71(49-52-82(78)98)99-83-43-27-29-45-89(83)102-90-46-30-28-44-84(90)99)61-86(80)101(88-59-70(96(7,8)9)58-87(100)91(88)97)93-76(65-37-21-13-22-38-65)56-69(95(4,5)6)57-77(93)66-39-23-14-24-40-66/h10-61H,1-9H3/i47D,48D,50D,51D,53D,61D. The third-order valence-electron chi connectivity index (χ3n) is 20.8. The van der Waals surface area contributed by atoms with E-state index in [1.54, 1.807) is 0 Å². The summed E-state index contributed by atoms with van der Waals surface area (Å²) in [6, 6.07) is 95.5. The van der Waals surface area contributed by atoms with Crippen molar-refractivity contribution < 1.29 is 13.0 Å². The number of ether oxygens (including phenoxy) is 1. The highest BCUT2D eigenvalue weighted by Gasteiger charge is 2.47. The van der Waals surface area contributed by atoms with Crippen molar-refractivity contribution in [3.63, 3.8) is 0 Å². The van der Waals surface area contributed by atoms with E-state index < -0.39 is 12.1 Å². The number of rotatable bonds is 9. The molecule has 0 saturated heterocycles. The van der Waals surface area contributed by atoms with E-state index in [1.807, 2.05) is 114 Å². The predicted octanol–water partition coefficient (Wildman–Crippen LogP) is 24.7. The largest absolute Gasteiger partial charge is 0.453 e. The van der Waals surface area contributed by atoms with Crippen LogP contribution in [0.5, 0.6) is 11.5 Å². The molecule has 5 nitrogen and oxygen atoms in total. The number of fused-ring (bicyclic) bond motifs is 9. The fourth-order valence-electron chi connectivity index (χ4n) is 15.6. The Bertz CT molecular complexity index is 6020. The molecule has 0 saturated carbocycles. The summed E-state index contributed by atoms with van der Waals surface area (Å²) in [5.41, 5.74) is 19.6. The molecule has 15 aromatic rings. The molecule has 0 radical (unpaired) electrons. The molecule has 0 spiro atoms. The first-order valence-corrected chi connectivity index (χ1v) is 35.4. The number of aromatic nitrogens is 1. The van der Waals surface area contributed by atoms with Crippen LogP contribution in [0.4, 0.5) is 51.2 Å². The molecule has 4 heterocycles. The van der Waals surface area contributed by atoms with E-state index in [0.717, 1.165) is 123 Å². The molecule has 0 fully saturated rings. The van der Waals surface area contributed by atoms with Crippen LogP contribution in [0, 0.1) is 0 Å².